The summed E-state index contributed by atoms with van der Waals surface area (Å²) in [4.78, 5) is 0. The van der Waals surface area contributed by atoms with Crippen LogP contribution in [0.1, 0.15) is 122 Å². The summed E-state index contributed by atoms with van der Waals surface area (Å²) in [6.45, 7) is 21.3. The summed E-state index contributed by atoms with van der Waals surface area (Å²) in [6, 6.07) is 18.4. The van der Waals surface area contributed by atoms with Crippen LogP contribution in [0.2, 0.25) is 0 Å². The third-order valence-electron chi connectivity index (χ3n) is 10.8. The Hall–Kier alpha value is -3.33. The maximum absolute atomic E-state index is 6.61. The van der Waals surface area contributed by atoms with Crippen molar-refractivity contribution >= 4 is 21.9 Å². The van der Waals surface area contributed by atoms with Crippen LogP contribution in [-0.2, 0) is 17.4 Å². The molecule has 3 nitrogen and oxygen atoms in total. The van der Waals surface area contributed by atoms with Crippen LogP contribution < -0.4 is 4.57 Å². The van der Waals surface area contributed by atoms with E-state index in [9.17, 15) is 0 Å². The maximum atomic E-state index is 6.61. The molecule has 0 aliphatic carbocycles. The summed E-state index contributed by atoms with van der Waals surface area (Å²) in [5, 5.41) is 2.54. The van der Waals surface area contributed by atoms with Gasteiger partial charge in [0.15, 0.2) is 0 Å². The summed E-state index contributed by atoms with van der Waals surface area (Å²) in [5.74, 6) is 1.96. The summed E-state index contributed by atoms with van der Waals surface area (Å²) in [6.07, 6.45) is 10.4. The lowest BCUT2D eigenvalue weighted by Gasteiger charge is -2.47. The Labute approximate surface area is 252 Å². The van der Waals surface area contributed by atoms with Crippen molar-refractivity contribution in [3.05, 3.63) is 83.2 Å². The number of furan rings is 1. The molecule has 0 saturated heterocycles. The van der Waals surface area contributed by atoms with Crippen molar-refractivity contribution in [3.8, 4) is 17.1 Å². The van der Waals surface area contributed by atoms with E-state index >= 15 is 0 Å². The predicted octanol–water partition coefficient (Wildman–Crippen LogP) is 10.7. The minimum Gasteiger partial charge on any atom is -0.456 e. The second-order valence-electron chi connectivity index (χ2n) is 13.7. The number of aryl methyl sites for hydroxylation is 1. The highest BCUT2D eigenvalue weighted by atomic mass is 16.3. The molecule has 220 valence electrons. The molecule has 3 aromatic carbocycles. The van der Waals surface area contributed by atoms with E-state index < -0.39 is 0 Å². The van der Waals surface area contributed by atoms with Gasteiger partial charge >= 0.3 is 0 Å². The number of nitrogens with zero attached hydrogens (tertiary/aromatic N) is 2. The zero-order valence-corrected chi connectivity index (χ0v) is 27.3. The van der Waals surface area contributed by atoms with E-state index in [1.54, 1.807) is 0 Å². The van der Waals surface area contributed by atoms with Gasteiger partial charge in [-0.1, -0.05) is 86.1 Å². The van der Waals surface area contributed by atoms with Gasteiger partial charge in [0.1, 0.15) is 34.8 Å². The van der Waals surface area contributed by atoms with Crippen LogP contribution in [0.3, 0.4) is 0 Å². The third-order valence-corrected chi connectivity index (χ3v) is 10.8. The molecule has 6 rings (SSSR count). The van der Waals surface area contributed by atoms with Crippen LogP contribution in [0, 0.1) is 0 Å². The quantitative estimate of drug-likeness (QED) is 0.173. The normalized spacial score (nSPS) is 20.2. The maximum Gasteiger partial charge on any atom is 0.294 e. The molecular formula is C39H49N2O+. The average molecular weight is 562 g/mol. The van der Waals surface area contributed by atoms with Crippen LogP contribution in [-0.4, -0.2) is 4.57 Å². The molecule has 0 amide bonds. The second kappa shape index (κ2) is 10.4. The molecule has 3 heteroatoms. The Kier molecular flexibility index (Phi) is 7.15. The van der Waals surface area contributed by atoms with Crippen LogP contribution in [0.5, 0.6) is 0 Å². The van der Waals surface area contributed by atoms with E-state index in [-0.39, 0.29) is 11.0 Å². The Morgan fingerprint density at radius 3 is 2.31 bits per heavy atom. The van der Waals surface area contributed by atoms with Crippen LogP contribution >= 0.6 is 0 Å². The largest absolute Gasteiger partial charge is 0.456 e. The summed E-state index contributed by atoms with van der Waals surface area (Å²) in [7, 11) is 0. The topological polar surface area (TPSA) is 21.9 Å². The van der Waals surface area contributed by atoms with Gasteiger partial charge in [0, 0.05) is 27.3 Å². The lowest BCUT2D eigenvalue weighted by Crippen LogP contribution is -2.67. The van der Waals surface area contributed by atoms with Gasteiger partial charge in [-0.25, -0.2) is 4.57 Å². The smallest absolute Gasteiger partial charge is 0.294 e. The van der Waals surface area contributed by atoms with Gasteiger partial charge < -0.3 is 4.42 Å². The molecule has 0 N–H and O–H groups in total. The monoisotopic (exact) mass is 561 g/mol. The molecule has 0 fully saturated rings. The molecule has 1 aliphatic rings. The highest BCUT2D eigenvalue weighted by Crippen LogP contribution is 2.51. The standard InChI is InChI=1S/C39H49N2O/c1-10-13-16-27-19-20-32-30(23-27)35-33(42-32)24-29(25(4)5)36(34(35)26(6)7)40-21-22-41-37(40)28-17-14-15-18-31(28)38(8,11-2)39(41,9)12-3/h14-15,17-26H,10-13,16H2,1-9H3/q+1. The molecule has 2 unspecified atom stereocenters. The molecule has 0 saturated carbocycles. The van der Waals surface area contributed by atoms with E-state index in [0.717, 1.165) is 30.4 Å². The highest BCUT2D eigenvalue weighted by Gasteiger charge is 2.55. The van der Waals surface area contributed by atoms with Crippen molar-refractivity contribution in [2.75, 3.05) is 0 Å². The van der Waals surface area contributed by atoms with Gasteiger partial charge in [-0.05, 0) is 79.8 Å². The Balaban J connectivity index is 1.74. The van der Waals surface area contributed by atoms with Crippen LogP contribution in [0.25, 0.3) is 39.0 Å². The first-order valence-corrected chi connectivity index (χ1v) is 16.4. The lowest BCUT2D eigenvalue weighted by molar-refractivity contribution is -0.764. The van der Waals surface area contributed by atoms with E-state index in [0.29, 0.717) is 11.8 Å². The first kappa shape index (κ1) is 28.8. The molecule has 0 radical (unpaired) electrons. The zero-order chi connectivity index (χ0) is 30.0. The molecule has 42 heavy (non-hydrogen) atoms. The van der Waals surface area contributed by atoms with Crippen molar-refractivity contribution in [2.45, 2.75) is 117 Å². The van der Waals surface area contributed by atoms with Crippen LogP contribution in [0.15, 0.2) is 65.3 Å². The molecule has 2 atom stereocenters. The summed E-state index contributed by atoms with van der Waals surface area (Å²) >= 11 is 0. The minimum atomic E-state index is -0.0483. The number of hydrogen-bond acceptors (Lipinski definition) is 1. The predicted molar refractivity (Wildman–Crippen MR) is 177 cm³/mol. The SMILES string of the molecule is CCCCc1ccc2oc3cc(C(C)C)c(-n4cc[n+]5c4-c4ccccc4C(C)(CC)C5(C)CC)c(C(C)C)c3c2c1. The number of hydrogen-bond donors (Lipinski definition) is 0. The fourth-order valence-electron chi connectivity index (χ4n) is 7.91. The van der Waals surface area contributed by atoms with Crippen molar-refractivity contribution in [1.82, 2.24) is 4.57 Å². The van der Waals surface area contributed by atoms with Crippen molar-refractivity contribution in [1.29, 1.82) is 0 Å². The van der Waals surface area contributed by atoms with Crippen molar-refractivity contribution in [2.24, 2.45) is 0 Å². The Morgan fingerprint density at radius 1 is 0.881 bits per heavy atom. The summed E-state index contributed by atoms with van der Waals surface area (Å²) < 4.78 is 11.8. The van der Waals surface area contributed by atoms with E-state index in [2.05, 4.69) is 132 Å². The molecule has 2 aromatic heterocycles. The van der Waals surface area contributed by atoms with Gasteiger partial charge in [-0.2, -0.15) is 4.57 Å². The number of unbranched alkanes of at least 4 members (excludes halogenated alkanes) is 1. The van der Waals surface area contributed by atoms with E-state index in [1.165, 1.54) is 62.9 Å². The third kappa shape index (κ3) is 3.95. The molecule has 1 aliphatic heterocycles. The van der Waals surface area contributed by atoms with Gasteiger partial charge in [0.25, 0.3) is 5.82 Å². The van der Waals surface area contributed by atoms with Crippen molar-refractivity contribution in [3.63, 3.8) is 0 Å². The lowest BCUT2D eigenvalue weighted by atomic mass is 9.61. The molecule has 0 spiro atoms. The van der Waals surface area contributed by atoms with Crippen LogP contribution in [0.4, 0.5) is 0 Å². The highest BCUT2D eigenvalue weighted by molar-refractivity contribution is 6.09. The molecule has 3 heterocycles. The Bertz CT molecular complexity index is 1780. The Morgan fingerprint density at radius 2 is 1.64 bits per heavy atom. The number of benzene rings is 3. The number of aromatic nitrogens is 2. The first-order chi connectivity index (χ1) is 20.1. The number of fused-ring (bicyclic) bond motifs is 6. The van der Waals surface area contributed by atoms with Gasteiger partial charge in [0.2, 0.25) is 0 Å². The zero-order valence-electron chi connectivity index (χ0n) is 27.3. The number of imidazole rings is 1. The van der Waals surface area contributed by atoms with Gasteiger partial charge in [0.05, 0.1) is 5.56 Å². The van der Waals surface area contributed by atoms with Crippen molar-refractivity contribution < 1.29 is 8.98 Å². The summed E-state index contributed by atoms with van der Waals surface area (Å²) in [5.41, 5.74) is 10.3. The fourth-order valence-corrected chi connectivity index (χ4v) is 7.91. The molecule has 0 bridgehead atoms. The molecular weight excluding hydrogens is 512 g/mol. The molecule has 5 aromatic rings. The number of rotatable bonds is 8. The van der Waals surface area contributed by atoms with Gasteiger partial charge in [-0.15, -0.1) is 0 Å². The average Bonchev–Trinajstić information content (AvgIpc) is 3.59. The minimum absolute atomic E-state index is 0.0313. The fraction of sp³-hybridized carbons (Fsp3) is 0.462. The van der Waals surface area contributed by atoms with E-state index in [4.69, 9.17) is 4.42 Å². The van der Waals surface area contributed by atoms with Gasteiger partial charge in [-0.3, -0.25) is 0 Å². The second-order valence-corrected chi connectivity index (χ2v) is 13.7. The van der Waals surface area contributed by atoms with E-state index in [1.807, 2.05) is 0 Å². The first-order valence-electron chi connectivity index (χ1n) is 16.4.